The van der Waals surface area contributed by atoms with Gasteiger partial charge in [-0.15, -0.1) is 0 Å². The molecule has 0 saturated heterocycles. The Labute approximate surface area is 134 Å². The maximum absolute atomic E-state index is 12.5. The number of carbonyl (C=O) groups is 1. The number of fused-ring (bicyclic) bond motifs is 2. The molecule has 3 heterocycles. The molecule has 2 N–H and O–H groups in total. The zero-order valence-electron chi connectivity index (χ0n) is 13.3. The molecular weight excluding hydrogens is 294 g/mol. The molecule has 1 amide bonds. The summed E-state index contributed by atoms with van der Waals surface area (Å²) in [5, 5.41) is 14.7. The predicted octanol–water partition coefficient (Wildman–Crippen LogP) is 1.03. The van der Waals surface area contributed by atoms with Crippen molar-refractivity contribution in [3.63, 3.8) is 0 Å². The van der Waals surface area contributed by atoms with Gasteiger partial charge in [-0.3, -0.25) is 9.48 Å². The topological polar surface area (TPSA) is 85.0 Å². The van der Waals surface area contributed by atoms with Crippen LogP contribution in [-0.4, -0.2) is 27.4 Å². The van der Waals surface area contributed by atoms with Gasteiger partial charge in [0.1, 0.15) is 5.76 Å². The zero-order valence-corrected chi connectivity index (χ0v) is 13.3. The molecule has 0 saturated carbocycles. The number of carbonyl (C=O) groups excluding carboxylic acids is 1. The van der Waals surface area contributed by atoms with Crippen LogP contribution in [0.1, 0.15) is 46.4 Å². The van der Waals surface area contributed by atoms with Crippen LogP contribution < -0.4 is 10.6 Å². The van der Waals surface area contributed by atoms with E-state index in [4.69, 9.17) is 4.52 Å². The Morgan fingerprint density at radius 3 is 3.39 bits per heavy atom. The summed E-state index contributed by atoms with van der Waals surface area (Å²) in [6.45, 7) is 5.26. The quantitative estimate of drug-likeness (QED) is 0.883. The van der Waals surface area contributed by atoms with Gasteiger partial charge in [0.15, 0.2) is 5.69 Å². The van der Waals surface area contributed by atoms with Crippen molar-refractivity contribution in [2.75, 3.05) is 6.54 Å². The molecule has 2 aliphatic rings. The standard InChI is InChI=1S/C16H21N5O2/c1-10-2-3-14-12(6-10)15(20-23-14)16(22)18-7-11-8-19-21-5-4-17-9-13(11)21/h8,10,17H,2-7,9H2,1H3,(H,18,22). The smallest absolute Gasteiger partial charge is 0.274 e. The molecule has 0 bridgehead atoms. The monoisotopic (exact) mass is 315 g/mol. The van der Waals surface area contributed by atoms with E-state index < -0.39 is 0 Å². The van der Waals surface area contributed by atoms with Crippen molar-refractivity contribution in [3.05, 3.63) is 34.5 Å². The number of nitrogens with zero attached hydrogens (tertiary/aromatic N) is 3. The van der Waals surface area contributed by atoms with E-state index in [9.17, 15) is 4.79 Å². The third kappa shape index (κ3) is 2.65. The molecule has 1 aliphatic heterocycles. The first-order chi connectivity index (χ1) is 11.2. The van der Waals surface area contributed by atoms with Gasteiger partial charge in [0.05, 0.1) is 18.4 Å². The summed E-state index contributed by atoms with van der Waals surface area (Å²) in [6, 6.07) is 0. The lowest BCUT2D eigenvalue weighted by atomic mass is 9.88. The molecule has 0 spiro atoms. The second-order valence-corrected chi connectivity index (χ2v) is 6.48. The number of hydrogen-bond acceptors (Lipinski definition) is 5. The molecule has 1 unspecified atom stereocenters. The highest BCUT2D eigenvalue weighted by molar-refractivity contribution is 5.93. The number of rotatable bonds is 3. The average molecular weight is 315 g/mol. The summed E-state index contributed by atoms with van der Waals surface area (Å²) in [7, 11) is 0. The Balaban J connectivity index is 1.47. The minimum Gasteiger partial charge on any atom is -0.360 e. The van der Waals surface area contributed by atoms with Crippen LogP contribution in [-0.2, 0) is 32.5 Å². The van der Waals surface area contributed by atoms with Crippen molar-refractivity contribution < 1.29 is 9.32 Å². The Hall–Kier alpha value is -2.15. The van der Waals surface area contributed by atoms with E-state index in [1.54, 1.807) is 0 Å². The summed E-state index contributed by atoms with van der Waals surface area (Å²) in [5.41, 5.74) is 3.63. The van der Waals surface area contributed by atoms with Crippen LogP contribution in [0.25, 0.3) is 0 Å². The molecule has 7 nitrogen and oxygen atoms in total. The van der Waals surface area contributed by atoms with Crippen molar-refractivity contribution in [3.8, 4) is 0 Å². The first-order valence-corrected chi connectivity index (χ1v) is 8.22. The van der Waals surface area contributed by atoms with E-state index >= 15 is 0 Å². The highest BCUT2D eigenvalue weighted by Gasteiger charge is 2.27. The Morgan fingerprint density at radius 2 is 2.48 bits per heavy atom. The maximum Gasteiger partial charge on any atom is 0.274 e. The van der Waals surface area contributed by atoms with Crippen LogP contribution in [0, 0.1) is 5.92 Å². The summed E-state index contributed by atoms with van der Waals surface area (Å²) in [6.07, 6.45) is 4.68. The second-order valence-electron chi connectivity index (χ2n) is 6.48. The number of aryl methyl sites for hydroxylation is 1. The first-order valence-electron chi connectivity index (χ1n) is 8.22. The second kappa shape index (κ2) is 5.81. The Kier molecular flexibility index (Phi) is 3.65. The van der Waals surface area contributed by atoms with Crippen LogP contribution in [0.5, 0.6) is 0 Å². The molecule has 23 heavy (non-hydrogen) atoms. The van der Waals surface area contributed by atoms with Crippen LogP contribution >= 0.6 is 0 Å². The molecular formula is C16H21N5O2. The summed E-state index contributed by atoms with van der Waals surface area (Å²) >= 11 is 0. The Morgan fingerprint density at radius 1 is 1.57 bits per heavy atom. The van der Waals surface area contributed by atoms with E-state index in [0.29, 0.717) is 18.2 Å². The summed E-state index contributed by atoms with van der Waals surface area (Å²) in [5.74, 6) is 1.29. The fourth-order valence-corrected chi connectivity index (χ4v) is 3.40. The summed E-state index contributed by atoms with van der Waals surface area (Å²) < 4.78 is 7.34. The number of nitrogens with one attached hydrogen (secondary N) is 2. The molecule has 0 fully saturated rings. The lowest BCUT2D eigenvalue weighted by Crippen LogP contribution is -2.30. The minimum atomic E-state index is -0.159. The van der Waals surface area contributed by atoms with Crippen molar-refractivity contribution in [1.29, 1.82) is 0 Å². The highest BCUT2D eigenvalue weighted by atomic mass is 16.5. The fourth-order valence-electron chi connectivity index (χ4n) is 3.40. The molecule has 7 heteroatoms. The SMILES string of the molecule is CC1CCc2onc(C(=O)NCc3cnn4c3CNCC4)c2C1. The van der Waals surface area contributed by atoms with Crippen molar-refractivity contribution in [2.24, 2.45) is 5.92 Å². The highest BCUT2D eigenvalue weighted by Crippen LogP contribution is 2.27. The average Bonchev–Trinajstić information content (AvgIpc) is 3.16. The van der Waals surface area contributed by atoms with Crippen molar-refractivity contribution >= 4 is 5.91 Å². The van der Waals surface area contributed by atoms with Crippen LogP contribution in [0.4, 0.5) is 0 Å². The molecule has 1 aliphatic carbocycles. The van der Waals surface area contributed by atoms with Crippen LogP contribution in [0.3, 0.4) is 0 Å². The van der Waals surface area contributed by atoms with Crippen LogP contribution in [0.2, 0.25) is 0 Å². The number of amides is 1. The number of hydrogen-bond donors (Lipinski definition) is 2. The van der Waals surface area contributed by atoms with Gasteiger partial charge in [0, 0.05) is 37.2 Å². The fraction of sp³-hybridized carbons (Fsp3) is 0.562. The zero-order chi connectivity index (χ0) is 15.8. The van der Waals surface area contributed by atoms with Gasteiger partial charge in [-0.05, 0) is 18.8 Å². The molecule has 2 aromatic heterocycles. The van der Waals surface area contributed by atoms with Gasteiger partial charge in [-0.25, -0.2) is 0 Å². The maximum atomic E-state index is 12.5. The first kappa shape index (κ1) is 14.4. The van der Waals surface area contributed by atoms with Gasteiger partial charge >= 0.3 is 0 Å². The van der Waals surface area contributed by atoms with Gasteiger partial charge in [-0.2, -0.15) is 5.10 Å². The van der Waals surface area contributed by atoms with Gasteiger partial charge in [-0.1, -0.05) is 12.1 Å². The molecule has 0 radical (unpaired) electrons. The van der Waals surface area contributed by atoms with E-state index in [1.165, 1.54) is 0 Å². The lowest BCUT2D eigenvalue weighted by Gasteiger charge is -2.17. The van der Waals surface area contributed by atoms with Crippen LogP contribution in [0.15, 0.2) is 10.7 Å². The Bertz CT molecular complexity index is 733. The van der Waals surface area contributed by atoms with Gasteiger partial charge in [0.25, 0.3) is 5.91 Å². The molecule has 2 aromatic rings. The van der Waals surface area contributed by atoms with Gasteiger partial charge < -0.3 is 15.2 Å². The number of aromatic nitrogens is 3. The normalized spacial score (nSPS) is 20.0. The van der Waals surface area contributed by atoms with E-state index in [2.05, 4.69) is 27.8 Å². The minimum absolute atomic E-state index is 0.159. The third-order valence-corrected chi connectivity index (χ3v) is 4.77. The van der Waals surface area contributed by atoms with Crippen molar-refractivity contribution in [2.45, 2.75) is 45.8 Å². The van der Waals surface area contributed by atoms with E-state index in [-0.39, 0.29) is 5.91 Å². The molecule has 1 atom stereocenters. The largest absolute Gasteiger partial charge is 0.360 e. The summed E-state index contributed by atoms with van der Waals surface area (Å²) in [4.78, 5) is 12.5. The third-order valence-electron chi connectivity index (χ3n) is 4.77. The van der Waals surface area contributed by atoms with E-state index in [0.717, 1.165) is 61.5 Å². The predicted molar refractivity (Wildman–Crippen MR) is 82.8 cm³/mol. The molecule has 4 rings (SSSR count). The lowest BCUT2D eigenvalue weighted by molar-refractivity contribution is 0.0941. The van der Waals surface area contributed by atoms with Crippen molar-refractivity contribution in [1.82, 2.24) is 25.6 Å². The van der Waals surface area contributed by atoms with E-state index in [1.807, 2.05) is 10.9 Å². The molecule has 0 aromatic carbocycles. The molecule has 122 valence electrons. The van der Waals surface area contributed by atoms with Gasteiger partial charge in [0.2, 0.25) is 0 Å².